The summed E-state index contributed by atoms with van der Waals surface area (Å²) in [7, 11) is 0. The SMILES string of the molecule is NC1CCCCC1.O=Cc1cccs1. The van der Waals surface area contributed by atoms with Crippen LogP contribution in [0.4, 0.5) is 0 Å². The minimum absolute atomic E-state index is 0.536. The largest absolute Gasteiger partial charge is 0.328 e. The van der Waals surface area contributed by atoms with Gasteiger partial charge in [-0.15, -0.1) is 11.3 Å². The Balaban J connectivity index is 0.000000140. The lowest BCUT2D eigenvalue weighted by molar-refractivity contribution is 0.112. The molecule has 0 radical (unpaired) electrons. The van der Waals surface area contributed by atoms with Crippen molar-refractivity contribution in [3.63, 3.8) is 0 Å². The monoisotopic (exact) mass is 211 g/mol. The van der Waals surface area contributed by atoms with Crippen LogP contribution in [0.5, 0.6) is 0 Å². The summed E-state index contributed by atoms with van der Waals surface area (Å²) in [5.41, 5.74) is 5.63. The summed E-state index contributed by atoms with van der Waals surface area (Å²) in [6.07, 6.45) is 7.51. The maximum atomic E-state index is 9.88. The highest BCUT2D eigenvalue weighted by Crippen LogP contribution is 2.14. The van der Waals surface area contributed by atoms with Gasteiger partial charge in [0.05, 0.1) is 4.88 Å². The zero-order valence-electron chi connectivity index (χ0n) is 8.32. The predicted octanol–water partition coefficient (Wildman–Crippen LogP) is 2.84. The third kappa shape index (κ3) is 4.53. The number of nitrogens with two attached hydrogens (primary N) is 1. The van der Waals surface area contributed by atoms with Crippen LogP contribution < -0.4 is 5.73 Å². The van der Waals surface area contributed by atoms with E-state index < -0.39 is 0 Å². The molecule has 0 atom stereocenters. The molecule has 2 N–H and O–H groups in total. The first-order chi connectivity index (χ1) is 6.83. The van der Waals surface area contributed by atoms with Gasteiger partial charge in [-0.2, -0.15) is 0 Å². The Morgan fingerprint density at radius 2 is 2.07 bits per heavy atom. The molecule has 1 aliphatic carbocycles. The lowest BCUT2D eigenvalue weighted by atomic mass is 9.97. The minimum Gasteiger partial charge on any atom is -0.328 e. The first-order valence-corrected chi connectivity index (χ1v) is 5.95. The van der Waals surface area contributed by atoms with Crippen molar-refractivity contribution in [1.29, 1.82) is 0 Å². The van der Waals surface area contributed by atoms with E-state index >= 15 is 0 Å². The van der Waals surface area contributed by atoms with Crippen molar-refractivity contribution in [3.05, 3.63) is 22.4 Å². The Hall–Kier alpha value is -0.670. The van der Waals surface area contributed by atoms with E-state index in [0.717, 1.165) is 11.2 Å². The number of aldehydes is 1. The predicted molar refractivity (Wildman–Crippen MR) is 60.8 cm³/mol. The van der Waals surface area contributed by atoms with E-state index in [1.54, 1.807) is 6.07 Å². The zero-order chi connectivity index (χ0) is 10.2. The lowest BCUT2D eigenvalue weighted by Gasteiger charge is -2.15. The van der Waals surface area contributed by atoms with Crippen LogP contribution in [-0.2, 0) is 0 Å². The molecule has 1 fully saturated rings. The number of carbonyl (C=O) groups excluding carboxylic acids is 1. The molecule has 0 aliphatic heterocycles. The van der Waals surface area contributed by atoms with Gasteiger partial charge in [0.25, 0.3) is 0 Å². The van der Waals surface area contributed by atoms with E-state index in [1.807, 2.05) is 11.4 Å². The quantitative estimate of drug-likeness (QED) is 0.726. The Morgan fingerprint density at radius 1 is 1.36 bits per heavy atom. The molecule has 0 bridgehead atoms. The van der Waals surface area contributed by atoms with Gasteiger partial charge in [0.2, 0.25) is 0 Å². The van der Waals surface area contributed by atoms with Crippen LogP contribution in [0.25, 0.3) is 0 Å². The van der Waals surface area contributed by atoms with Crippen LogP contribution in [0.2, 0.25) is 0 Å². The second-order valence-electron chi connectivity index (χ2n) is 3.53. The van der Waals surface area contributed by atoms with Crippen LogP contribution in [0.1, 0.15) is 41.8 Å². The highest BCUT2D eigenvalue weighted by Gasteiger charge is 2.06. The number of hydrogen-bond acceptors (Lipinski definition) is 3. The van der Waals surface area contributed by atoms with Gasteiger partial charge in [-0.25, -0.2) is 0 Å². The zero-order valence-corrected chi connectivity index (χ0v) is 9.13. The van der Waals surface area contributed by atoms with Crippen molar-refractivity contribution < 1.29 is 4.79 Å². The average Bonchev–Trinajstić information content (AvgIpc) is 2.72. The Kier molecular flexibility index (Phi) is 5.49. The smallest absolute Gasteiger partial charge is 0.159 e. The molecular formula is C11H17NOS. The molecule has 0 spiro atoms. The molecule has 1 aromatic heterocycles. The first kappa shape index (κ1) is 11.4. The van der Waals surface area contributed by atoms with Gasteiger partial charge in [-0.1, -0.05) is 25.3 Å². The normalized spacial score (nSPS) is 16.9. The molecule has 0 saturated heterocycles. The van der Waals surface area contributed by atoms with E-state index in [4.69, 9.17) is 5.73 Å². The molecule has 78 valence electrons. The first-order valence-electron chi connectivity index (χ1n) is 5.07. The number of hydrogen-bond donors (Lipinski definition) is 1. The van der Waals surface area contributed by atoms with E-state index in [0.29, 0.717) is 6.04 Å². The third-order valence-electron chi connectivity index (χ3n) is 2.31. The number of rotatable bonds is 1. The van der Waals surface area contributed by atoms with E-state index in [-0.39, 0.29) is 0 Å². The fourth-order valence-electron chi connectivity index (χ4n) is 1.49. The molecule has 1 heterocycles. The van der Waals surface area contributed by atoms with Gasteiger partial charge in [-0.05, 0) is 24.3 Å². The molecule has 14 heavy (non-hydrogen) atoms. The Morgan fingerprint density at radius 3 is 2.36 bits per heavy atom. The number of thiophene rings is 1. The highest BCUT2D eigenvalue weighted by molar-refractivity contribution is 7.11. The van der Waals surface area contributed by atoms with Gasteiger partial charge in [-0.3, -0.25) is 4.79 Å². The van der Waals surface area contributed by atoms with E-state index in [9.17, 15) is 4.79 Å². The maximum absolute atomic E-state index is 9.88. The standard InChI is InChI=1S/C6H13N.C5H4OS/c7-6-4-2-1-3-5-6;6-4-5-2-1-3-7-5/h6H,1-5,7H2;1-4H. The fraction of sp³-hybridized carbons (Fsp3) is 0.545. The van der Waals surface area contributed by atoms with E-state index in [1.165, 1.54) is 43.4 Å². The van der Waals surface area contributed by atoms with E-state index in [2.05, 4.69) is 0 Å². The summed E-state index contributed by atoms with van der Waals surface area (Å²) in [5.74, 6) is 0. The van der Waals surface area contributed by atoms with Crippen LogP contribution in [0.15, 0.2) is 17.5 Å². The Labute approximate surface area is 89.1 Å². The second kappa shape index (κ2) is 6.74. The third-order valence-corrected chi connectivity index (χ3v) is 3.11. The molecule has 1 aliphatic rings. The summed E-state index contributed by atoms with van der Waals surface area (Å²) < 4.78 is 0. The molecule has 3 heteroatoms. The molecule has 1 aromatic rings. The molecule has 0 amide bonds. The number of carbonyl (C=O) groups is 1. The Bertz CT molecular complexity index is 240. The molecule has 0 unspecified atom stereocenters. The molecular weight excluding hydrogens is 194 g/mol. The molecule has 0 aromatic carbocycles. The maximum Gasteiger partial charge on any atom is 0.159 e. The lowest BCUT2D eigenvalue weighted by Crippen LogP contribution is -2.22. The minimum atomic E-state index is 0.536. The van der Waals surface area contributed by atoms with Crippen molar-refractivity contribution in [1.82, 2.24) is 0 Å². The van der Waals surface area contributed by atoms with Gasteiger partial charge in [0.15, 0.2) is 6.29 Å². The van der Waals surface area contributed by atoms with Gasteiger partial charge in [0.1, 0.15) is 0 Å². The van der Waals surface area contributed by atoms with Crippen LogP contribution >= 0.6 is 11.3 Å². The summed E-state index contributed by atoms with van der Waals surface area (Å²) in [5, 5.41) is 1.88. The summed E-state index contributed by atoms with van der Waals surface area (Å²) in [4.78, 5) is 10.7. The average molecular weight is 211 g/mol. The van der Waals surface area contributed by atoms with Gasteiger partial charge in [0, 0.05) is 6.04 Å². The van der Waals surface area contributed by atoms with Crippen molar-refractivity contribution in [3.8, 4) is 0 Å². The summed E-state index contributed by atoms with van der Waals surface area (Å²) in [6.45, 7) is 0. The van der Waals surface area contributed by atoms with Crippen molar-refractivity contribution in [2.75, 3.05) is 0 Å². The summed E-state index contributed by atoms with van der Waals surface area (Å²) >= 11 is 1.45. The topological polar surface area (TPSA) is 43.1 Å². The second-order valence-corrected chi connectivity index (χ2v) is 4.51. The van der Waals surface area contributed by atoms with Crippen molar-refractivity contribution in [2.45, 2.75) is 38.1 Å². The van der Waals surface area contributed by atoms with Gasteiger partial charge < -0.3 is 5.73 Å². The van der Waals surface area contributed by atoms with Crippen molar-refractivity contribution >= 4 is 17.6 Å². The molecule has 2 rings (SSSR count). The molecule has 2 nitrogen and oxygen atoms in total. The van der Waals surface area contributed by atoms with Crippen LogP contribution in [0.3, 0.4) is 0 Å². The van der Waals surface area contributed by atoms with Gasteiger partial charge >= 0.3 is 0 Å². The van der Waals surface area contributed by atoms with Crippen LogP contribution in [-0.4, -0.2) is 12.3 Å². The molecule has 1 saturated carbocycles. The highest BCUT2D eigenvalue weighted by atomic mass is 32.1. The summed E-state index contributed by atoms with van der Waals surface area (Å²) in [6, 6.07) is 4.18. The van der Waals surface area contributed by atoms with Crippen molar-refractivity contribution in [2.24, 2.45) is 5.73 Å². The van der Waals surface area contributed by atoms with Crippen LogP contribution in [0, 0.1) is 0 Å². The fourth-order valence-corrected chi connectivity index (χ4v) is 2.02.